The molecule has 104 valence electrons. The van der Waals surface area contributed by atoms with E-state index in [2.05, 4.69) is 34.7 Å². The minimum Gasteiger partial charge on any atom is -0.383 e. The Morgan fingerprint density at radius 1 is 1.25 bits per heavy atom. The topological polar surface area (TPSA) is 47.1 Å². The van der Waals surface area contributed by atoms with Gasteiger partial charge in [0.2, 0.25) is 0 Å². The maximum absolute atomic E-state index is 6.26. The van der Waals surface area contributed by atoms with Gasteiger partial charge in [-0.25, -0.2) is 4.98 Å². The van der Waals surface area contributed by atoms with Crippen LogP contribution in [-0.2, 0) is 13.5 Å². The minimum atomic E-state index is 0.622. The molecule has 0 radical (unpaired) electrons. The normalized spacial score (nSPS) is 17.6. The van der Waals surface area contributed by atoms with Crippen molar-refractivity contribution in [3.05, 3.63) is 29.6 Å². The van der Waals surface area contributed by atoms with Crippen LogP contribution in [0.3, 0.4) is 0 Å². The van der Waals surface area contributed by atoms with Crippen LogP contribution in [0.15, 0.2) is 18.2 Å². The molecule has 2 heterocycles. The van der Waals surface area contributed by atoms with E-state index in [0.29, 0.717) is 5.92 Å². The predicted molar refractivity (Wildman–Crippen MR) is 82.0 cm³/mol. The summed E-state index contributed by atoms with van der Waals surface area (Å²) in [4.78, 5) is 7.11. The van der Waals surface area contributed by atoms with Crippen molar-refractivity contribution in [1.82, 2.24) is 9.55 Å². The summed E-state index contributed by atoms with van der Waals surface area (Å²) in [5.41, 5.74) is 11.1. The highest BCUT2D eigenvalue weighted by atomic mass is 15.1. The summed E-state index contributed by atoms with van der Waals surface area (Å²) < 4.78 is 2.06. The van der Waals surface area contributed by atoms with Crippen LogP contribution in [0, 0.1) is 0 Å². The highest BCUT2D eigenvalue weighted by molar-refractivity contribution is 5.75. The number of hydrogen-bond acceptors (Lipinski definition) is 3. The monoisotopic (exact) mass is 268 g/mol. The lowest BCUT2D eigenvalue weighted by atomic mass is 10.1. The lowest BCUT2D eigenvalue weighted by Gasteiger charge is -2.11. The van der Waals surface area contributed by atoms with E-state index < -0.39 is 0 Å². The molecular formula is C16H20N4. The second-order valence-electron chi connectivity index (χ2n) is 6.05. The first kappa shape index (κ1) is 11.8. The summed E-state index contributed by atoms with van der Waals surface area (Å²) in [7, 11) is 4.17. The van der Waals surface area contributed by atoms with Crippen molar-refractivity contribution >= 4 is 11.5 Å². The van der Waals surface area contributed by atoms with Crippen molar-refractivity contribution in [2.24, 2.45) is 7.05 Å². The zero-order valence-electron chi connectivity index (χ0n) is 12.1. The van der Waals surface area contributed by atoms with Gasteiger partial charge >= 0.3 is 0 Å². The highest BCUT2D eigenvalue weighted by Crippen LogP contribution is 2.42. The summed E-state index contributed by atoms with van der Waals surface area (Å²) in [6.45, 7) is 1.10. The number of aromatic nitrogens is 2. The quantitative estimate of drug-likeness (QED) is 0.910. The molecule has 4 heteroatoms. The molecule has 0 saturated heterocycles. The molecule has 0 amide bonds. The van der Waals surface area contributed by atoms with Gasteiger partial charge in [0.25, 0.3) is 0 Å². The number of imidazole rings is 1. The summed E-state index contributed by atoms with van der Waals surface area (Å²) in [5.74, 6) is 2.56. The molecule has 20 heavy (non-hydrogen) atoms. The molecule has 1 aromatic carbocycles. The minimum absolute atomic E-state index is 0.622. The number of likely N-dealkylation sites (N-methyl/N-ethyl adjacent to an activating group) is 1. The molecule has 4 rings (SSSR count). The zero-order valence-corrected chi connectivity index (χ0v) is 12.1. The lowest BCUT2D eigenvalue weighted by molar-refractivity contribution is 0.807. The molecule has 4 nitrogen and oxygen atoms in total. The summed E-state index contributed by atoms with van der Waals surface area (Å²) >= 11 is 0. The van der Waals surface area contributed by atoms with Gasteiger partial charge in [0.15, 0.2) is 0 Å². The number of nitrogens with zero attached hydrogens (tertiary/aromatic N) is 3. The number of rotatable bonds is 2. The van der Waals surface area contributed by atoms with Crippen LogP contribution in [0.4, 0.5) is 11.5 Å². The van der Waals surface area contributed by atoms with Crippen molar-refractivity contribution in [2.75, 3.05) is 24.2 Å². The van der Waals surface area contributed by atoms with E-state index in [4.69, 9.17) is 10.7 Å². The van der Waals surface area contributed by atoms with Gasteiger partial charge in [-0.1, -0.05) is 6.07 Å². The number of nitrogens with two attached hydrogens (primary N) is 1. The Kier molecular flexibility index (Phi) is 2.37. The first-order valence-electron chi connectivity index (χ1n) is 7.31. The molecule has 2 aromatic rings. The van der Waals surface area contributed by atoms with E-state index in [0.717, 1.165) is 35.9 Å². The predicted octanol–water partition coefficient (Wildman–Crippen LogP) is 2.54. The Bertz CT molecular complexity index is 682. The molecular weight excluding hydrogens is 248 g/mol. The molecule has 0 spiro atoms. The van der Waals surface area contributed by atoms with Gasteiger partial charge in [0, 0.05) is 37.8 Å². The van der Waals surface area contributed by atoms with E-state index in [9.17, 15) is 0 Å². The second kappa shape index (κ2) is 4.01. The number of fused-ring (bicyclic) bond motifs is 1. The van der Waals surface area contributed by atoms with Crippen LogP contribution >= 0.6 is 0 Å². The van der Waals surface area contributed by atoms with Crippen LogP contribution in [-0.4, -0.2) is 23.1 Å². The largest absolute Gasteiger partial charge is 0.383 e. The van der Waals surface area contributed by atoms with Crippen LogP contribution in [0.25, 0.3) is 11.3 Å². The molecule has 1 saturated carbocycles. The van der Waals surface area contributed by atoms with E-state index in [-0.39, 0.29) is 0 Å². The number of hydrogen-bond donors (Lipinski definition) is 1. The maximum Gasteiger partial charge on any atom is 0.131 e. The lowest BCUT2D eigenvalue weighted by Crippen LogP contribution is -2.12. The zero-order chi connectivity index (χ0) is 13.9. The molecule has 0 bridgehead atoms. The van der Waals surface area contributed by atoms with Gasteiger partial charge in [0.05, 0.1) is 0 Å². The molecule has 1 aromatic heterocycles. The number of anilines is 2. The van der Waals surface area contributed by atoms with E-state index in [1.54, 1.807) is 0 Å². The van der Waals surface area contributed by atoms with Crippen molar-refractivity contribution in [3.8, 4) is 11.3 Å². The van der Waals surface area contributed by atoms with E-state index in [1.807, 2.05) is 7.05 Å². The van der Waals surface area contributed by atoms with Crippen molar-refractivity contribution in [3.63, 3.8) is 0 Å². The van der Waals surface area contributed by atoms with E-state index in [1.165, 1.54) is 24.1 Å². The Morgan fingerprint density at radius 3 is 2.80 bits per heavy atom. The third kappa shape index (κ3) is 1.64. The number of nitrogen functional groups attached to an aromatic ring is 1. The van der Waals surface area contributed by atoms with Crippen LogP contribution < -0.4 is 10.6 Å². The van der Waals surface area contributed by atoms with Gasteiger partial charge in [-0.15, -0.1) is 0 Å². The fraction of sp³-hybridized carbons (Fsp3) is 0.438. The SMILES string of the molecule is CN1CCc2cc(-c3nc(C4CC4)n(C)c3N)ccc21. The fourth-order valence-corrected chi connectivity index (χ4v) is 3.16. The Hall–Kier alpha value is -1.97. The van der Waals surface area contributed by atoms with Gasteiger partial charge in [0.1, 0.15) is 17.3 Å². The van der Waals surface area contributed by atoms with Crippen molar-refractivity contribution in [1.29, 1.82) is 0 Å². The Morgan fingerprint density at radius 2 is 2.05 bits per heavy atom. The highest BCUT2D eigenvalue weighted by Gasteiger charge is 2.30. The molecule has 0 atom stereocenters. The summed E-state index contributed by atoms with van der Waals surface area (Å²) in [6.07, 6.45) is 3.61. The van der Waals surface area contributed by atoms with Gasteiger partial charge < -0.3 is 15.2 Å². The Balaban J connectivity index is 1.80. The molecule has 2 aliphatic rings. The molecule has 1 aliphatic heterocycles. The maximum atomic E-state index is 6.26. The molecule has 2 N–H and O–H groups in total. The second-order valence-corrected chi connectivity index (χ2v) is 6.05. The summed E-state index contributed by atoms with van der Waals surface area (Å²) in [5, 5.41) is 0. The van der Waals surface area contributed by atoms with Crippen LogP contribution in [0.5, 0.6) is 0 Å². The average Bonchev–Trinajstić information content (AvgIpc) is 3.17. The van der Waals surface area contributed by atoms with Gasteiger partial charge in [-0.05, 0) is 37.0 Å². The van der Waals surface area contributed by atoms with E-state index >= 15 is 0 Å². The first-order chi connectivity index (χ1) is 9.65. The molecule has 1 fully saturated rings. The molecule has 0 unspecified atom stereocenters. The standard InChI is InChI=1S/C16H20N4/c1-19-8-7-11-9-12(5-6-13(11)19)14-15(17)20(2)16(18-14)10-3-4-10/h5-6,9-10H,3-4,7-8,17H2,1-2H3. The Labute approximate surface area is 119 Å². The fourth-order valence-electron chi connectivity index (χ4n) is 3.16. The average molecular weight is 268 g/mol. The van der Waals surface area contributed by atoms with Crippen LogP contribution in [0.1, 0.15) is 30.1 Å². The first-order valence-corrected chi connectivity index (χ1v) is 7.31. The van der Waals surface area contributed by atoms with Crippen LogP contribution in [0.2, 0.25) is 0 Å². The molecule has 1 aliphatic carbocycles. The van der Waals surface area contributed by atoms with Gasteiger partial charge in [-0.2, -0.15) is 0 Å². The van der Waals surface area contributed by atoms with Crippen molar-refractivity contribution < 1.29 is 0 Å². The summed E-state index contributed by atoms with van der Waals surface area (Å²) in [6, 6.07) is 6.60. The van der Waals surface area contributed by atoms with Gasteiger partial charge in [-0.3, -0.25) is 0 Å². The number of benzene rings is 1. The smallest absolute Gasteiger partial charge is 0.131 e. The third-order valence-electron chi connectivity index (χ3n) is 4.60. The van der Waals surface area contributed by atoms with Crippen molar-refractivity contribution in [2.45, 2.75) is 25.2 Å². The third-order valence-corrected chi connectivity index (χ3v) is 4.60.